The zero-order valence-corrected chi connectivity index (χ0v) is 24.5. The first-order valence-corrected chi connectivity index (χ1v) is 15.5. The highest BCUT2D eigenvalue weighted by Crippen LogP contribution is 2.67. The average molecular weight is 527 g/mol. The van der Waals surface area contributed by atoms with Crippen LogP contribution in [-0.4, -0.2) is 23.3 Å². The molecule has 0 bridgehead atoms. The summed E-state index contributed by atoms with van der Waals surface area (Å²) < 4.78 is 12.0. The maximum absolute atomic E-state index is 13.2. The molecule has 6 atom stereocenters. The van der Waals surface area contributed by atoms with E-state index in [1.807, 2.05) is 0 Å². The minimum Gasteiger partial charge on any atom is -0.450 e. The molecule has 0 amide bonds. The van der Waals surface area contributed by atoms with E-state index in [9.17, 15) is 14.4 Å². The van der Waals surface area contributed by atoms with Gasteiger partial charge in [-0.15, -0.1) is 0 Å². The number of allylic oxidation sites excluding steroid dienone is 4. The summed E-state index contributed by atoms with van der Waals surface area (Å²) in [6.45, 7) is 10.5. The first kappa shape index (κ1) is 29.1. The molecule has 0 radical (unpaired) electrons. The van der Waals surface area contributed by atoms with E-state index in [1.165, 1.54) is 5.57 Å². The van der Waals surface area contributed by atoms with Crippen LogP contribution >= 0.6 is 0 Å². The van der Waals surface area contributed by atoms with Gasteiger partial charge in [0.25, 0.3) is 0 Å². The molecule has 0 saturated heterocycles. The van der Waals surface area contributed by atoms with Gasteiger partial charge in [-0.05, 0) is 93.1 Å². The average Bonchev–Trinajstić information content (AvgIpc) is 3.17. The molecule has 0 aromatic rings. The molecule has 4 aliphatic carbocycles. The minimum absolute atomic E-state index is 0.0223. The Morgan fingerprint density at radius 2 is 1.55 bits per heavy atom. The zero-order chi connectivity index (χ0) is 27.6. The summed E-state index contributed by atoms with van der Waals surface area (Å²) in [5.41, 5.74) is 0.0812. The molecule has 5 heteroatoms. The van der Waals surface area contributed by atoms with Crippen molar-refractivity contribution in [3.8, 4) is 0 Å². The number of ketones is 1. The molecule has 0 spiro atoms. The van der Waals surface area contributed by atoms with Crippen molar-refractivity contribution in [3.63, 3.8) is 0 Å². The second-order valence-electron chi connectivity index (χ2n) is 13.0. The van der Waals surface area contributed by atoms with Crippen LogP contribution in [-0.2, 0) is 23.9 Å². The van der Waals surface area contributed by atoms with Crippen LogP contribution in [0.2, 0.25) is 0 Å². The molecular weight excluding hydrogens is 476 g/mol. The fourth-order valence-corrected chi connectivity index (χ4v) is 8.68. The van der Waals surface area contributed by atoms with Crippen molar-refractivity contribution in [3.05, 3.63) is 23.5 Å². The Hall–Kier alpha value is -1.91. The van der Waals surface area contributed by atoms with Gasteiger partial charge in [0.2, 0.25) is 0 Å². The molecule has 0 aliphatic heterocycles. The van der Waals surface area contributed by atoms with Gasteiger partial charge in [-0.3, -0.25) is 14.4 Å². The molecule has 5 nitrogen and oxygen atoms in total. The van der Waals surface area contributed by atoms with Crippen LogP contribution in [0.4, 0.5) is 0 Å². The number of carbonyl (C=O) groups excluding carboxylic acids is 3. The maximum atomic E-state index is 13.2. The third-order valence-corrected chi connectivity index (χ3v) is 10.9. The van der Waals surface area contributed by atoms with E-state index in [2.05, 4.69) is 39.8 Å². The number of hydrogen-bond donors (Lipinski definition) is 0. The van der Waals surface area contributed by atoms with Crippen LogP contribution in [0.15, 0.2) is 23.5 Å². The second-order valence-corrected chi connectivity index (χ2v) is 13.0. The van der Waals surface area contributed by atoms with Gasteiger partial charge >= 0.3 is 11.9 Å². The van der Waals surface area contributed by atoms with Gasteiger partial charge in [-0.1, -0.05) is 59.5 Å². The number of fused-ring (bicyclic) bond motifs is 5. The second kappa shape index (κ2) is 11.7. The molecule has 0 unspecified atom stereocenters. The normalized spacial score (nSPS) is 35.8. The fourth-order valence-electron chi connectivity index (χ4n) is 8.68. The summed E-state index contributed by atoms with van der Waals surface area (Å²) in [5.74, 6) is 1.91. The lowest BCUT2D eigenvalue weighted by molar-refractivity contribution is -0.188. The van der Waals surface area contributed by atoms with Gasteiger partial charge in [0.15, 0.2) is 11.4 Å². The van der Waals surface area contributed by atoms with Crippen LogP contribution in [0.5, 0.6) is 0 Å². The van der Waals surface area contributed by atoms with Gasteiger partial charge in [-0.2, -0.15) is 0 Å². The van der Waals surface area contributed by atoms with Crippen LogP contribution in [0, 0.1) is 28.6 Å². The Balaban J connectivity index is 1.51. The first-order valence-electron chi connectivity index (χ1n) is 15.5. The summed E-state index contributed by atoms with van der Waals surface area (Å²) in [6.07, 6.45) is 17.6. The molecule has 4 rings (SSSR count). The van der Waals surface area contributed by atoms with Gasteiger partial charge in [-0.25, -0.2) is 0 Å². The van der Waals surface area contributed by atoms with Crippen LogP contribution in [0.3, 0.4) is 0 Å². The lowest BCUT2D eigenvalue weighted by Crippen LogP contribution is -2.58. The Morgan fingerprint density at radius 1 is 0.895 bits per heavy atom. The number of esters is 2. The van der Waals surface area contributed by atoms with Crippen molar-refractivity contribution in [2.75, 3.05) is 0 Å². The van der Waals surface area contributed by atoms with Crippen molar-refractivity contribution >= 4 is 17.7 Å². The fraction of sp³-hybridized carbons (Fsp3) is 0.788. The summed E-state index contributed by atoms with van der Waals surface area (Å²) in [4.78, 5) is 38.4. The molecule has 0 heterocycles. The SMILES string of the molecule is CCCCCC(=O)OC1=CC2=CC[C@@H]3[C@H](CC[C@@]4(C)[C@H]3CC[C@@]4(OC(=O)CCCCC)C(C)=O)[C@@]2(C)CC1. The molecule has 0 N–H and O–H groups in total. The molecule has 212 valence electrons. The van der Waals surface area contributed by atoms with E-state index in [0.29, 0.717) is 37.0 Å². The number of unbranched alkanes of at least 4 members (excludes halogenated alkanes) is 4. The number of Topliss-reactive ketones (excluding diaryl/α,β-unsaturated/α-hetero) is 1. The third-order valence-electron chi connectivity index (χ3n) is 10.9. The molecule has 2 saturated carbocycles. The summed E-state index contributed by atoms with van der Waals surface area (Å²) in [6, 6.07) is 0. The Bertz CT molecular complexity index is 978. The van der Waals surface area contributed by atoms with Crippen molar-refractivity contribution in [2.24, 2.45) is 28.6 Å². The van der Waals surface area contributed by atoms with Crippen molar-refractivity contribution < 1.29 is 23.9 Å². The van der Waals surface area contributed by atoms with Gasteiger partial charge < -0.3 is 9.47 Å². The predicted molar refractivity (Wildman–Crippen MR) is 149 cm³/mol. The Kier molecular flexibility index (Phi) is 8.94. The Labute approximate surface area is 230 Å². The Morgan fingerprint density at radius 3 is 2.21 bits per heavy atom. The van der Waals surface area contributed by atoms with Crippen molar-refractivity contribution in [1.29, 1.82) is 0 Å². The van der Waals surface area contributed by atoms with Gasteiger partial charge in [0.1, 0.15) is 5.76 Å². The minimum atomic E-state index is -0.984. The van der Waals surface area contributed by atoms with Gasteiger partial charge in [0.05, 0.1) is 0 Å². The molecule has 0 aromatic heterocycles. The number of rotatable bonds is 11. The van der Waals surface area contributed by atoms with Gasteiger partial charge in [0, 0.05) is 24.7 Å². The van der Waals surface area contributed by atoms with Crippen molar-refractivity contribution in [2.45, 2.75) is 137 Å². The smallest absolute Gasteiger partial charge is 0.310 e. The maximum Gasteiger partial charge on any atom is 0.310 e. The molecular formula is C33H50O5. The van der Waals surface area contributed by atoms with Crippen LogP contribution < -0.4 is 0 Å². The molecule has 0 aromatic carbocycles. The number of hydrogen-bond acceptors (Lipinski definition) is 5. The molecule has 2 fully saturated rings. The van der Waals surface area contributed by atoms with E-state index >= 15 is 0 Å². The summed E-state index contributed by atoms with van der Waals surface area (Å²) >= 11 is 0. The third kappa shape index (κ3) is 5.16. The van der Waals surface area contributed by atoms with Crippen LogP contribution in [0.25, 0.3) is 0 Å². The van der Waals surface area contributed by atoms with E-state index in [4.69, 9.17) is 9.47 Å². The summed E-state index contributed by atoms with van der Waals surface area (Å²) in [5, 5.41) is 0. The number of ether oxygens (including phenoxy) is 2. The number of carbonyl (C=O) groups is 3. The van der Waals surface area contributed by atoms with E-state index < -0.39 is 5.60 Å². The van der Waals surface area contributed by atoms with E-state index in [0.717, 1.165) is 82.8 Å². The predicted octanol–water partition coefficient (Wildman–Crippen LogP) is 8.02. The molecule has 38 heavy (non-hydrogen) atoms. The quantitative estimate of drug-likeness (QED) is 0.201. The van der Waals surface area contributed by atoms with Crippen molar-refractivity contribution in [1.82, 2.24) is 0 Å². The highest BCUT2D eigenvalue weighted by atomic mass is 16.6. The zero-order valence-electron chi connectivity index (χ0n) is 24.5. The first-order chi connectivity index (χ1) is 18.1. The molecule has 4 aliphatic rings. The monoisotopic (exact) mass is 526 g/mol. The lowest BCUT2D eigenvalue weighted by atomic mass is 9.47. The van der Waals surface area contributed by atoms with Crippen LogP contribution in [0.1, 0.15) is 131 Å². The standard InChI is InChI=1S/C33H50O5/c1-6-8-10-12-29(35)37-25-16-19-31(4)24(22-25)14-15-26-27(31)17-20-32(5)28(26)18-21-33(32,23(3)34)38-30(36)13-11-9-7-2/h14,22,26-28H,6-13,15-21H2,1-5H3/t26-,27+,28+,31+,32+,33-/m1/s1. The summed E-state index contributed by atoms with van der Waals surface area (Å²) in [7, 11) is 0. The topological polar surface area (TPSA) is 69.7 Å². The van der Waals surface area contributed by atoms with E-state index in [-0.39, 0.29) is 28.6 Å². The largest absolute Gasteiger partial charge is 0.450 e. The highest BCUT2D eigenvalue weighted by Gasteiger charge is 2.67. The lowest BCUT2D eigenvalue weighted by Gasteiger charge is -2.58. The highest BCUT2D eigenvalue weighted by molar-refractivity contribution is 5.89. The van der Waals surface area contributed by atoms with E-state index in [1.54, 1.807) is 6.92 Å².